The van der Waals surface area contributed by atoms with E-state index in [0.29, 0.717) is 30.3 Å². The van der Waals surface area contributed by atoms with Crippen LogP contribution in [0.15, 0.2) is 18.2 Å². The van der Waals surface area contributed by atoms with Gasteiger partial charge in [0.05, 0.1) is 24.3 Å². The average Bonchev–Trinajstić information content (AvgIpc) is 2.32. The van der Waals surface area contributed by atoms with Crippen molar-refractivity contribution in [2.45, 2.75) is 13.0 Å². The first-order valence-corrected chi connectivity index (χ1v) is 6.89. The molecule has 1 aliphatic heterocycles. The van der Waals surface area contributed by atoms with Gasteiger partial charge in [-0.25, -0.2) is 0 Å². The van der Waals surface area contributed by atoms with E-state index >= 15 is 0 Å². The summed E-state index contributed by atoms with van der Waals surface area (Å²) in [5.41, 5.74) is 0.643. The van der Waals surface area contributed by atoms with Gasteiger partial charge in [0.25, 0.3) is 5.91 Å². The van der Waals surface area contributed by atoms with Gasteiger partial charge in [0.15, 0.2) is 0 Å². The Balaban J connectivity index is 2.21. The number of hydrogen-bond donors (Lipinski definition) is 0. The smallest absolute Gasteiger partial charge is 0.254 e. The summed E-state index contributed by atoms with van der Waals surface area (Å²) in [7, 11) is 0. The Hall–Kier alpha value is -0.330. The molecule has 5 heteroatoms. The first-order valence-electron chi connectivity index (χ1n) is 5.43. The van der Waals surface area contributed by atoms with Crippen molar-refractivity contribution in [3.8, 4) is 0 Å². The van der Waals surface area contributed by atoms with Gasteiger partial charge in [-0.3, -0.25) is 4.79 Å². The number of morpholine rings is 1. The quantitative estimate of drug-likeness (QED) is 0.716. The van der Waals surface area contributed by atoms with Crippen molar-refractivity contribution in [1.82, 2.24) is 4.90 Å². The lowest BCUT2D eigenvalue weighted by molar-refractivity contribution is 0.00359. The minimum atomic E-state index is 0.0269. The number of carbonyl (C=O) groups is 1. The predicted molar refractivity (Wildman–Crippen MR) is 75.5 cm³/mol. The van der Waals surface area contributed by atoms with Crippen LogP contribution in [-0.2, 0) is 4.74 Å². The maximum absolute atomic E-state index is 12.3. The van der Waals surface area contributed by atoms with Crippen LogP contribution >= 0.6 is 34.2 Å². The number of amides is 1. The third kappa shape index (κ3) is 2.92. The fraction of sp³-hybridized carbons (Fsp3) is 0.417. The standard InChI is InChI=1S/C12H13ClINO2/c1-8-7-17-5-4-15(8)12(16)9-2-3-11(14)10(13)6-9/h2-3,6,8H,4-5,7H2,1H3. The van der Waals surface area contributed by atoms with Crippen molar-refractivity contribution < 1.29 is 9.53 Å². The van der Waals surface area contributed by atoms with Crippen molar-refractivity contribution >= 4 is 40.1 Å². The topological polar surface area (TPSA) is 29.5 Å². The molecule has 1 aromatic carbocycles. The van der Waals surface area contributed by atoms with Gasteiger partial charge in [0.2, 0.25) is 0 Å². The van der Waals surface area contributed by atoms with E-state index in [1.54, 1.807) is 6.07 Å². The van der Waals surface area contributed by atoms with Crippen molar-refractivity contribution in [2.24, 2.45) is 0 Å². The lowest BCUT2D eigenvalue weighted by atomic mass is 10.1. The van der Waals surface area contributed by atoms with Gasteiger partial charge in [-0.15, -0.1) is 0 Å². The monoisotopic (exact) mass is 365 g/mol. The van der Waals surface area contributed by atoms with Crippen molar-refractivity contribution in [3.63, 3.8) is 0 Å². The highest BCUT2D eigenvalue weighted by atomic mass is 127. The minimum Gasteiger partial charge on any atom is -0.377 e. The van der Waals surface area contributed by atoms with Crippen molar-refractivity contribution in [3.05, 3.63) is 32.4 Å². The molecule has 17 heavy (non-hydrogen) atoms. The fourth-order valence-corrected chi connectivity index (χ4v) is 2.34. The van der Waals surface area contributed by atoms with Crippen LogP contribution in [0.25, 0.3) is 0 Å². The van der Waals surface area contributed by atoms with Crippen LogP contribution in [-0.4, -0.2) is 36.6 Å². The summed E-state index contributed by atoms with van der Waals surface area (Å²) in [4.78, 5) is 14.1. The zero-order chi connectivity index (χ0) is 12.4. The highest BCUT2D eigenvalue weighted by Gasteiger charge is 2.24. The Morgan fingerprint density at radius 1 is 1.59 bits per heavy atom. The van der Waals surface area contributed by atoms with E-state index in [9.17, 15) is 4.79 Å². The molecule has 0 bridgehead atoms. The number of nitrogens with zero attached hydrogens (tertiary/aromatic N) is 1. The van der Waals surface area contributed by atoms with Gasteiger partial charge >= 0.3 is 0 Å². The largest absolute Gasteiger partial charge is 0.377 e. The lowest BCUT2D eigenvalue weighted by Crippen LogP contribution is -2.47. The summed E-state index contributed by atoms with van der Waals surface area (Å²) < 4.78 is 6.27. The molecule has 0 aliphatic carbocycles. The minimum absolute atomic E-state index is 0.0269. The van der Waals surface area contributed by atoms with E-state index in [0.717, 1.165) is 3.57 Å². The molecule has 0 aromatic heterocycles. The van der Waals surface area contributed by atoms with E-state index in [1.165, 1.54) is 0 Å². The van der Waals surface area contributed by atoms with Gasteiger partial charge < -0.3 is 9.64 Å². The molecule has 1 amide bonds. The Bertz CT molecular complexity index is 439. The summed E-state index contributed by atoms with van der Waals surface area (Å²) in [6, 6.07) is 5.53. The maximum Gasteiger partial charge on any atom is 0.254 e. The summed E-state index contributed by atoms with van der Waals surface area (Å²) >= 11 is 8.18. The second kappa shape index (κ2) is 5.54. The molecule has 1 fully saturated rings. The Labute approximate surface area is 119 Å². The van der Waals surface area contributed by atoms with E-state index in [2.05, 4.69) is 22.6 Å². The molecule has 1 aliphatic rings. The Morgan fingerprint density at radius 3 is 3.00 bits per heavy atom. The van der Waals surface area contributed by atoms with E-state index in [1.807, 2.05) is 24.0 Å². The second-order valence-electron chi connectivity index (χ2n) is 4.05. The van der Waals surface area contributed by atoms with Crippen LogP contribution in [0.2, 0.25) is 5.02 Å². The zero-order valence-electron chi connectivity index (χ0n) is 9.45. The molecule has 2 rings (SSSR count). The third-order valence-corrected chi connectivity index (χ3v) is 4.37. The number of ether oxygens (including phenoxy) is 1. The molecule has 3 nitrogen and oxygen atoms in total. The molecule has 0 saturated carbocycles. The summed E-state index contributed by atoms with van der Waals surface area (Å²) in [5, 5.41) is 0.623. The van der Waals surface area contributed by atoms with Crippen LogP contribution in [0, 0.1) is 3.57 Å². The normalized spacial score (nSPS) is 20.4. The molecular weight excluding hydrogens is 352 g/mol. The van der Waals surface area contributed by atoms with Crippen LogP contribution in [0.3, 0.4) is 0 Å². The predicted octanol–water partition coefficient (Wildman–Crippen LogP) is 2.81. The van der Waals surface area contributed by atoms with E-state index < -0.39 is 0 Å². The summed E-state index contributed by atoms with van der Waals surface area (Å²) in [6.45, 7) is 3.84. The van der Waals surface area contributed by atoms with Gasteiger partial charge in [-0.05, 0) is 47.7 Å². The number of carbonyl (C=O) groups excluding carboxylic acids is 1. The Kier molecular flexibility index (Phi) is 4.27. The SMILES string of the molecule is CC1COCCN1C(=O)c1ccc(I)c(Cl)c1. The van der Waals surface area contributed by atoms with Crippen molar-refractivity contribution in [1.29, 1.82) is 0 Å². The van der Waals surface area contributed by atoms with Crippen LogP contribution in [0.5, 0.6) is 0 Å². The number of hydrogen-bond acceptors (Lipinski definition) is 2. The molecule has 0 spiro atoms. The van der Waals surface area contributed by atoms with Gasteiger partial charge in [-0.1, -0.05) is 11.6 Å². The van der Waals surface area contributed by atoms with Crippen LogP contribution < -0.4 is 0 Å². The average molecular weight is 366 g/mol. The number of halogens is 2. The van der Waals surface area contributed by atoms with Gasteiger partial charge in [-0.2, -0.15) is 0 Å². The third-order valence-electron chi connectivity index (χ3n) is 2.80. The highest BCUT2D eigenvalue weighted by Crippen LogP contribution is 2.21. The molecule has 0 N–H and O–H groups in total. The van der Waals surface area contributed by atoms with Gasteiger partial charge in [0, 0.05) is 15.7 Å². The molecular formula is C12H13ClINO2. The molecule has 1 atom stereocenters. The first kappa shape index (κ1) is 13.1. The van der Waals surface area contributed by atoms with Gasteiger partial charge in [0.1, 0.15) is 0 Å². The first-order chi connectivity index (χ1) is 8.09. The Morgan fingerprint density at radius 2 is 2.35 bits per heavy atom. The molecule has 1 unspecified atom stereocenters. The molecule has 1 heterocycles. The van der Waals surface area contributed by atoms with E-state index in [-0.39, 0.29) is 11.9 Å². The van der Waals surface area contributed by atoms with E-state index in [4.69, 9.17) is 16.3 Å². The number of benzene rings is 1. The lowest BCUT2D eigenvalue weighted by Gasteiger charge is -2.33. The molecule has 0 radical (unpaired) electrons. The highest BCUT2D eigenvalue weighted by molar-refractivity contribution is 14.1. The number of rotatable bonds is 1. The summed E-state index contributed by atoms with van der Waals surface area (Å²) in [6.07, 6.45) is 0. The second-order valence-corrected chi connectivity index (χ2v) is 5.62. The van der Waals surface area contributed by atoms with Crippen molar-refractivity contribution in [2.75, 3.05) is 19.8 Å². The molecule has 1 aromatic rings. The summed E-state index contributed by atoms with van der Waals surface area (Å²) in [5.74, 6) is 0.0269. The van der Waals surface area contributed by atoms with Crippen LogP contribution in [0.1, 0.15) is 17.3 Å². The zero-order valence-corrected chi connectivity index (χ0v) is 12.4. The molecule has 92 valence electrons. The fourth-order valence-electron chi connectivity index (χ4n) is 1.82. The molecule has 1 saturated heterocycles. The van der Waals surface area contributed by atoms with Crippen LogP contribution in [0.4, 0.5) is 0 Å². The maximum atomic E-state index is 12.3.